The van der Waals surface area contributed by atoms with Gasteiger partial charge in [-0.2, -0.15) is 0 Å². The minimum atomic E-state index is -0.993. The van der Waals surface area contributed by atoms with Gasteiger partial charge in [0.15, 0.2) is 11.6 Å². The van der Waals surface area contributed by atoms with E-state index in [4.69, 9.17) is 9.84 Å². The first-order chi connectivity index (χ1) is 8.97. The maximum atomic E-state index is 13.0. The molecular formula is C13H10F2O3S. The van der Waals surface area contributed by atoms with Crippen LogP contribution in [0.4, 0.5) is 8.78 Å². The van der Waals surface area contributed by atoms with Crippen LogP contribution >= 0.6 is 11.3 Å². The number of aromatic carboxylic acids is 1. The Bertz CT molecular complexity index is 622. The van der Waals surface area contributed by atoms with Crippen molar-refractivity contribution in [3.63, 3.8) is 0 Å². The lowest BCUT2D eigenvalue weighted by molar-refractivity contribution is 0.0702. The summed E-state index contributed by atoms with van der Waals surface area (Å²) in [7, 11) is 0. The minimum absolute atomic E-state index is 0.112. The highest BCUT2D eigenvalue weighted by atomic mass is 32.1. The molecule has 0 atom stereocenters. The van der Waals surface area contributed by atoms with Gasteiger partial charge < -0.3 is 9.84 Å². The number of ether oxygens (including phenoxy) is 1. The Morgan fingerprint density at radius 3 is 2.63 bits per heavy atom. The SMILES string of the molecule is Cc1sc(C(=O)O)cc1COc1ccc(F)c(F)c1. The second-order valence-corrected chi connectivity index (χ2v) is 5.12. The van der Waals surface area contributed by atoms with Crippen molar-refractivity contribution < 1.29 is 23.4 Å². The van der Waals surface area contributed by atoms with Crippen molar-refractivity contribution in [3.05, 3.63) is 51.2 Å². The van der Waals surface area contributed by atoms with Crippen molar-refractivity contribution in [1.82, 2.24) is 0 Å². The molecule has 0 aliphatic rings. The molecule has 0 saturated heterocycles. The van der Waals surface area contributed by atoms with E-state index in [9.17, 15) is 13.6 Å². The van der Waals surface area contributed by atoms with Gasteiger partial charge in [-0.15, -0.1) is 11.3 Å². The van der Waals surface area contributed by atoms with Crippen LogP contribution in [0.5, 0.6) is 5.75 Å². The summed E-state index contributed by atoms with van der Waals surface area (Å²) in [6.45, 7) is 1.89. The summed E-state index contributed by atoms with van der Waals surface area (Å²) in [5.41, 5.74) is 0.715. The Labute approximate surface area is 112 Å². The Hall–Kier alpha value is -1.95. The van der Waals surface area contributed by atoms with E-state index in [0.717, 1.165) is 28.3 Å². The van der Waals surface area contributed by atoms with E-state index in [-0.39, 0.29) is 17.2 Å². The fourth-order valence-electron chi connectivity index (χ4n) is 1.50. The van der Waals surface area contributed by atoms with E-state index in [1.807, 2.05) is 0 Å². The summed E-state index contributed by atoms with van der Waals surface area (Å²) in [4.78, 5) is 11.8. The van der Waals surface area contributed by atoms with Gasteiger partial charge in [-0.3, -0.25) is 0 Å². The molecule has 0 spiro atoms. The summed E-state index contributed by atoms with van der Waals surface area (Å²) in [5.74, 6) is -2.72. The van der Waals surface area contributed by atoms with Crippen molar-refractivity contribution in [2.75, 3.05) is 0 Å². The number of carbonyl (C=O) groups is 1. The highest BCUT2D eigenvalue weighted by Gasteiger charge is 2.11. The van der Waals surface area contributed by atoms with Crippen LogP contribution < -0.4 is 4.74 Å². The zero-order chi connectivity index (χ0) is 14.0. The zero-order valence-corrected chi connectivity index (χ0v) is 10.8. The predicted molar refractivity (Wildman–Crippen MR) is 66.7 cm³/mol. The predicted octanol–water partition coefficient (Wildman–Crippen LogP) is 3.61. The van der Waals surface area contributed by atoms with Gasteiger partial charge in [-0.25, -0.2) is 13.6 Å². The Morgan fingerprint density at radius 1 is 1.32 bits per heavy atom. The summed E-state index contributed by atoms with van der Waals surface area (Å²) >= 11 is 1.15. The average molecular weight is 284 g/mol. The van der Waals surface area contributed by atoms with Crippen LogP contribution in [-0.4, -0.2) is 11.1 Å². The first kappa shape index (κ1) is 13.5. The molecule has 6 heteroatoms. The van der Waals surface area contributed by atoms with Gasteiger partial charge in [0, 0.05) is 16.5 Å². The lowest BCUT2D eigenvalue weighted by Crippen LogP contribution is -1.97. The lowest BCUT2D eigenvalue weighted by Gasteiger charge is -2.05. The fraction of sp³-hybridized carbons (Fsp3) is 0.154. The molecule has 1 aromatic heterocycles. The molecule has 1 aromatic carbocycles. The Balaban J connectivity index is 2.09. The van der Waals surface area contributed by atoms with E-state index in [1.54, 1.807) is 6.92 Å². The molecule has 3 nitrogen and oxygen atoms in total. The number of hydrogen-bond acceptors (Lipinski definition) is 3. The number of benzene rings is 1. The number of halogens is 2. The number of thiophene rings is 1. The Kier molecular flexibility index (Phi) is 3.80. The van der Waals surface area contributed by atoms with Crippen LogP contribution in [0, 0.1) is 18.6 Å². The van der Waals surface area contributed by atoms with Gasteiger partial charge >= 0.3 is 5.97 Å². The molecule has 0 aliphatic heterocycles. The molecule has 0 saturated carbocycles. The van der Waals surface area contributed by atoms with Crippen molar-refractivity contribution in [1.29, 1.82) is 0 Å². The molecule has 0 bridgehead atoms. The molecular weight excluding hydrogens is 274 g/mol. The molecule has 0 amide bonds. The molecule has 0 fully saturated rings. The number of hydrogen-bond donors (Lipinski definition) is 1. The molecule has 1 heterocycles. The van der Waals surface area contributed by atoms with Crippen LogP contribution in [0.25, 0.3) is 0 Å². The van der Waals surface area contributed by atoms with Crippen LogP contribution in [0.2, 0.25) is 0 Å². The third-order valence-electron chi connectivity index (χ3n) is 2.52. The van der Waals surface area contributed by atoms with Gasteiger partial charge in [0.25, 0.3) is 0 Å². The third-order valence-corrected chi connectivity index (χ3v) is 3.60. The molecule has 2 rings (SSSR count). The lowest BCUT2D eigenvalue weighted by atomic mass is 10.2. The zero-order valence-electron chi connectivity index (χ0n) is 9.94. The largest absolute Gasteiger partial charge is 0.489 e. The smallest absolute Gasteiger partial charge is 0.345 e. The molecule has 0 aliphatic carbocycles. The standard InChI is InChI=1S/C13H10F2O3S/c1-7-8(4-12(19-7)13(16)17)6-18-9-2-3-10(14)11(15)5-9/h2-5H,6H2,1H3,(H,16,17). The van der Waals surface area contributed by atoms with E-state index in [2.05, 4.69) is 0 Å². The van der Waals surface area contributed by atoms with Crippen LogP contribution in [0.15, 0.2) is 24.3 Å². The summed E-state index contributed by atoms with van der Waals surface area (Å²) in [6, 6.07) is 4.77. The van der Waals surface area contributed by atoms with Crippen molar-refractivity contribution in [2.24, 2.45) is 0 Å². The van der Waals surface area contributed by atoms with E-state index < -0.39 is 17.6 Å². The number of rotatable bonds is 4. The summed E-state index contributed by atoms with van der Waals surface area (Å²) in [5, 5.41) is 8.85. The van der Waals surface area contributed by atoms with Crippen molar-refractivity contribution in [3.8, 4) is 5.75 Å². The normalized spacial score (nSPS) is 10.5. The van der Waals surface area contributed by atoms with Gasteiger partial charge in [0.1, 0.15) is 17.2 Å². The van der Waals surface area contributed by atoms with Crippen LogP contribution in [0.1, 0.15) is 20.1 Å². The summed E-state index contributed by atoms with van der Waals surface area (Å²) < 4.78 is 31.0. The van der Waals surface area contributed by atoms with Gasteiger partial charge in [-0.1, -0.05) is 0 Å². The first-order valence-electron chi connectivity index (χ1n) is 5.38. The van der Waals surface area contributed by atoms with Crippen LogP contribution in [0.3, 0.4) is 0 Å². The highest BCUT2D eigenvalue weighted by molar-refractivity contribution is 7.14. The van der Waals surface area contributed by atoms with E-state index in [1.165, 1.54) is 12.1 Å². The van der Waals surface area contributed by atoms with Crippen molar-refractivity contribution in [2.45, 2.75) is 13.5 Å². The number of carboxylic acids is 1. The van der Waals surface area contributed by atoms with Gasteiger partial charge in [0.2, 0.25) is 0 Å². The summed E-state index contributed by atoms with van der Waals surface area (Å²) in [6.07, 6.45) is 0. The second kappa shape index (κ2) is 5.36. The fourth-order valence-corrected chi connectivity index (χ4v) is 2.36. The number of carboxylic acid groups (broad SMARTS) is 1. The van der Waals surface area contributed by atoms with Gasteiger partial charge in [-0.05, 0) is 25.1 Å². The highest BCUT2D eigenvalue weighted by Crippen LogP contribution is 2.24. The number of aryl methyl sites for hydroxylation is 1. The minimum Gasteiger partial charge on any atom is -0.489 e. The monoisotopic (exact) mass is 284 g/mol. The third kappa shape index (κ3) is 3.08. The molecule has 1 N–H and O–H groups in total. The molecule has 100 valence electrons. The second-order valence-electron chi connectivity index (χ2n) is 3.86. The average Bonchev–Trinajstić information content (AvgIpc) is 2.73. The van der Waals surface area contributed by atoms with E-state index >= 15 is 0 Å². The molecule has 19 heavy (non-hydrogen) atoms. The van der Waals surface area contributed by atoms with Gasteiger partial charge in [0.05, 0.1) is 0 Å². The molecule has 0 unspecified atom stereocenters. The molecule has 0 radical (unpaired) electrons. The van der Waals surface area contributed by atoms with Crippen LogP contribution in [-0.2, 0) is 6.61 Å². The maximum absolute atomic E-state index is 13.0. The van der Waals surface area contributed by atoms with Crippen molar-refractivity contribution >= 4 is 17.3 Å². The quantitative estimate of drug-likeness (QED) is 0.933. The topological polar surface area (TPSA) is 46.5 Å². The Morgan fingerprint density at radius 2 is 2.05 bits per heavy atom. The molecule has 2 aromatic rings. The maximum Gasteiger partial charge on any atom is 0.345 e. The first-order valence-corrected chi connectivity index (χ1v) is 6.19. The van der Waals surface area contributed by atoms with E-state index in [0.29, 0.717) is 5.56 Å².